The van der Waals surface area contributed by atoms with Gasteiger partial charge in [-0.15, -0.1) is 0 Å². The van der Waals surface area contributed by atoms with Gasteiger partial charge in [-0.3, -0.25) is 4.79 Å². The third kappa shape index (κ3) is 1.80. The molecular weight excluding hydrogens is 231 g/mol. The zero-order valence-electron chi connectivity index (χ0n) is 8.87. The SMILES string of the molecule is CCOC(=O)[C@H]1C[C@]1(F)c1ccccc1Cl. The minimum absolute atomic E-state index is 0.162. The quantitative estimate of drug-likeness (QED) is 0.762. The molecule has 0 spiro atoms. The molecule has 0 amide bonds. The van der Waals surface area contributed by atoms with E-state index in [1.165, 1.54) is 0 Å². The van der Waals surface area contributed by atoms with E-state index in [0.29, 0.717) is 10.6 Å². The van der Waals surface area contributed by atoms with Crippen LogP contribution in [0.3, 0.4) is 0 Å². The topological polar surface area (TPSA) is 26.3 Å². The van der Waals surface area contributed by atoms with Crippen molar-refractivity contribution in [2.24, 2.45) is 5.92 Å². The van der Waals surface area contributed by atoms with E-state index in [4.69, 9.17) is 16.3 Å². The Kier molecular flexibility index (Phi) is 2.89. The number of hydrogen-bond donors (Lipinski definition) is 0. The summed E-state index contributed by atoms with van der Waals surface area (Å²) in [7, 11) is 0. The number of alkyl halides is 1. The molecule has 0 saturated heterocycles. The largest absolute Gasteiger partial charge is 0.466 e. The van der Waals surface area contributed by atoms with Gasteiger partial charge >= 0.3 is 5.97 Å². The van der Waals surface area contributed by atoms with E-state index in [-0.39, 0.29) is 13.0 Å². The molecule has 0 aliphatic heterocycles. The maximum atomic E-state index is 14.3. The lowest BCUT2D eigenvalue weighted by molar-refractivity contribution is -0.145. The van der Waals surface area contributed by atoms with Crippen molar-refractivity contribution in [1.29, 1.82) is 0 Å². The Morgan fingerprint density at radius 2 is 2.31 bits per heavy atom. The van der Waals surface area contributed by atoms with E-state index in [1.807, 2.05) is 0 Å². The van der Waals surface area contributed by atoms with Gasteiger partial charge in [-0.25, -0.2) is 4.39 Å². The van der Waals surface area contributed by atoms with Gasteiger partial charge in [0.1, 0.15) is 0 Å². The van der Waals surface area contributed by atoms with Crippen LogP contribution in [0.4, 0.5) is 4.39 Å². The van der Waals surface area contributed by atoms with Crippen molar-refractivity contribution in [3.05, 3.63) is 34.9 Å². The summed E-state index contributed by atoms with van der Waals surface area (Å²) in [5.74, 6) is -1.18. The smallest absolute Gasteiger partial charge is 0.312 e. The number of benzene rings is 1. The zero-order valence-corrected chi connectivity index (χ0v) is 9.63. The van der Waals surface area contributed by atoms with Gasteiger partial charge < -0.3 is 4.74 Å². The summed E-state index contributed by atoms with van der Waals surface area (Å²) in [5, 5.41) is 0.358. The molecule has 2 nitrogen and oxygen atoms in total. The van der Waals surface area contributed by atoms with E-state index in [0.717, 1.165) is 0 Å². The molecule has 0 aromatic heterocycles. The highest BCUT2D eigenvalue weighted by molar-refractivity contribution is 6.31. The highest BCUT2D eigenvalue weighted by Crippen LogP contribution is 2.57. The van der Waals surface area contributed by atoms with E-state index in [2.05, 4.69) is 0 Å². The van der Waals surface area contributed by atoms with Crippen molar-refractivity contribution in [1.82, 2.24) is 0 Å². The summed E-state index contributed by atoms with van der Waals surface area (Å²) in [6.45, 7) is 1.98. The van der Waals surface area contributed by atoms with Gasteiger partial charge in [-0.2, -0.15) is 0 Å². The highest BCUT2D eigenvalue weighted by atomic mass is 35.5. The maximum Gasteiger partial charge on any atom is 0.312 e. The molecule has 2 atom stereocenters. The average molecular weight is 243 g/mol. The van der Waals surface area contributed by atoms with E-state index < -0.39 is 17.6 Å². The summed E-state index contributed by atoms with van der Waals surface area (Å²) in [6.07, 6.45) is 0.162. The van der Waals surface area contributed by atoms with E-state index in [1.54, 1.807) is 31.2 Å². The van der Waals surface area contributed by atoms with Gasteiger partial charge in [0.2, 0.25) is 0 Å². The predicted molar refractivity (Wildman–Crippen MR) is 59.0 cm³/mol. The second kappa shape index (κ2) is 4.06. The lowest BCUT2D eigenvalue weighted by Crippen LogP contribution is -2.13. The Morgan fingerprint density at radius 1 is 1.62 bits per heavy atom. The Labute approximate surface area is 98.4 Å². The van der Waals surface area contributed by atoms with Crippen LogP contribution >= 0.6 is 11.6 Å². The lowest BCUT2D eigenvalue weighted by Gasteiger charge is -2.09. The number of esters is 1. The van der Waals surface area contributed by atoms with Crippen LogP contribution in [0.15, 0.2) is 24.3 Å². The second-order valence-corrected chi connectivity index (χ2v) is 4.26. The second-order valence-electron chi connectivity index (χ2n) is 3.85. The summed E-state index contributed by atoms with van der Waals surface area (Å²) >= 11 is 5.90. The molecule has 2 rings (SSSR count). The first-order chi connectivity index (χ1) is 7.59. The molecule has 0 radical (unpaired) electrons. The van der Waals surface area contributed by atoms with Crippen LogP contribution in [-0.2, 0) is 15.2 Å². The van der Waals surface area contributed by atoms with Gasteiger partial charge in [0.25, 0.3) is 0 Å². The molecule has 1 fully saturated rings. The molecule has 0 unspecified atom stereocenters. The van der Waals surface area contributed by atoms with Crippen LogP contribution in [0.25, 0.3) is 0 Å². The molecule has 0 N–H and O–H groups in total. The zero-order chi connectivity index (χ0) is 11.8. The van der Waals surface area contributed by atoms with Crippen LogP contribution in [-0.4, -0.2) is 12.6 Å². The fourth-order valence-electron chi connectivity index (χ4n) is 1.85. The number of carbonyl (C=O) groups excluding carboxylic acids is 1. The predicted octanol–water partition coefficient (Wildman–Crippen LogP) is 3.09. The Hall–Kier alpha value is -1.09. The van der Waals surface area contributed by atoms with Crippen molar-refractivity contribution >= 4 is 17.6 Å². The minimum Gasteiger partial charge on any atom is -0.466 e. The molecule has 16 heavy (non-hydrogen) atoms. The normalized spacial score (nSPS) is 27.6. The molecule has 1 saturated carbocycles. The summed E-state index contributed by atoms with van der Waals surface area (Å²) in [4.78, 5) is 11.4. The minimum atomic E-state index is -1.63. The molecule has 1 aromatic carbocycles. The Morgan fingerprint density at radius 3 is 2.94 bits per heavy atom. The number of rotatable bonds is 3. The molecule has 86 valence electrons. The third-order valence-corrected chi connectivity index (χ3v) is 3.12. The van der Waals surface area contributed by atoms with Gasteiger partial charge in [0.05, 0.1) is 12.5 Å². The summed E-state index contributed by atoms with van der Waals surface area (Å²) < 4.78 is 19.1. The fraction of sp³-hybridized carbons (Fsp3) is 0.417. The third-order valence-electron chi connectivity index (χ3n) is 2.79. The Balaban J connectivity index is 2.19. The van der Waals surface area contributed by atoms with Crippen molar-refractivity contribution in [3.8, 4) is 0 Å². The number of hydrogen-bond acceptors (Lipinski definition) is 2. The van der Waals surface area contributed by atoms with Crippen LogP contribution in [0.1, 0.15) is 18.9 Å². The molecule has 1 aromatic rings. The average Bonchev–Trinajstić information content (AvgIpc) is 2.93. The van der Waals surface area contributed by atoms with Crippen LogP contribution in [0, 0.1) is 5.92 Å². The van der Waals surface area contributed by atoms with Crippen LogP contribution in [0.2, 0.25) is 5.02 Å². The lowest BCUT2D eigenvalue weighted by atomic mass is 10.1. The summed E-state index contributed by atoms with van der Waals surface area (Å²) in [6, 6.07) is 6.68. The molecule has 1 aliphatic rings. The van der Waals surface area contributed by atoms with Crippen molar-refractivity contribution < 1.29 is 13.9 Å². The standard InChI is InChI=1S/C12H12ClFO2/c1-2-16-11(15)9-7-12(9,14)8-5-3-4-6-10(8)13/h3-6,9H,2,7H2,1H3/t9-,12+/m1/s1. The van der Waals surface area contributed by atoms with Crippen molar-refractivity contribution in [2.45, 2.75) is 19.0 Å². The number of carbonyl (C=O) groups is 1. The number of halogens is 2. The molecule has 0 heterocycles. The van der Waals surface area contributed by atoms with Gasteiger partial charge in [0.15, 0.2) is 5.67 Å². The van der Waals surface area contributed by atoms with Gasteiger partial charge in [-0.1, -0.05) is 29.8 Å². The maximum absolute atomic E-state index is 14.3. The first-order valence-corrected chi connectivity index (χ1v) is 5.58. The van der Waals surface area contributed by atoms with Gasteiger partial charge in [0, 0.05) is 17.0 Å². The Bertz CT molecular complexity index is 421. The van der Waals surface area contributed by atoms with E-state index >= 15 is 0 Å². The van der Waals surface area contributed by atoms with Crippen molar-refractivity contribution in [2.75, 3.05) is 6.61 Å². The monoisotopic (exact) mass is 242 g/mol. The van der Waals surface area contributed by atoms with Gasteiger partial charge in [-0.05, 0) is 13.0 Å². The highest BCUT2D eigenvalue weighted by Gasteiger charge is 2.62. The van der Waals surface area contributed by atoms with E-state index in [9.17, 15) is 9.18 Å². The molecular formula is C12H12ClFO2. The van der Waals surface area contributed by atoms with Crippen LogP contribution < -0.4 is 0 Å². The first kappa shape index (κ1) is 11.4. The first-order valence-electron chi connectivity index (χ1n) is 5.20. The number of ether oxygens (including phenoxy) is 1. The van der Waals surface area contributed by atoms with Crippen molar-refractivity contribution in [3.63, 3.8) is 0 Å². The fourth-order valence-corrected chi connectivity index (χ4v) is 2.14. The van der Waals surface area contributed by atoms with Crippen LogP contribution in [0.5, 0.6) is 0 Å². The summed E-state index contributed by atoms with van der Waals surface area (Å²) in [5.41, 5.74) is -1.25. The molecule has 1 aliphatic carbocycles. The molecule has 4 heteroatoms. The molecule has 0 bridgehead atoms.